The highest BCUT2D eigenvalue weighted by atomic mass is 15.3. The van der Waals surface area contributed by atoms with Crippen LogP contribution in [0.25, 0.3) is 27.9 Å². The van der Waals surface area contributed by atoms with Crippen LogP contribution in [0.3, 0.4) is 0 Å². The molecule has 0 spiro atoms. The van der Waals surface area contributed by atoms with Gasteiger partial charge < -0.3 is 21.3 Å². The molecule has 1 saturated heterocycles. The second-order valence-electron chi connectivity index (χ2n) is 7.81. The molecule has 2 aromatic carbocycles. The molecule has 0 unspecified atom stereocenters. The van der Waals surface area contributed by atoms with Crippen LogP contribution in [0.5, 0.6) is 0 Å². The number of anilines is 3. The van der Waals surface area contributed by atoms with Gasteiger partial charge in [0.2, 0.25) is 0 Å². The van der Waals surface area contributed by atoms with Gasteiger partial charge in [-0.25, -0.2) is 4.98 Å². The summed E-state index contributed by atoms with van der Waals surface area (Å²) >= 11 is 0. The maximum Gasteiger partial charge on any atom is 0.165 e. The topological polar surface area (TPSA) is 88.7 Å². The second-order valence-corrected chi connectivity index (χ2v) is 7.81. The molecule has 3 heterocycles. The number of likely N-dealkylation sites (N-methyl/N-ethyl adjacent to an activating group) is 1. The molecule has 152 valence electrons. The lowest BCUT2D eigenvalue weighted by Crippen LogP contribution is -2.44. The van der Waals surface area contributed by atoms with E-state index in [9.17, 15) is 0 Å². The molecular formula is C23H25N7. The summed E-state index contributed by atoms with van der Waals surface area (Å²) in [5.41, 5.74) is 18.8. The van der Waals surface area contributed by atoms with E-state index >= 15 is 0 Å². The molecule has 30 heavy (non-hydrogen) atoms. The number of piperazine rings is 1. The van der Waals surface area contributed by atoms with Gasteiger partial charge in [0.1, 0.15) is 5.82 Å². The van der Waals surface area contributed by atoms with E-state index in [4.69, 9.17) is 11.5 Å². The Hall–Kier alpha value is -3.58. The molecule has 0 bridgehead atoms. The van der Waals surface area contributed by atoms with E-state index in [1.54, 1.807) is 10.7 Å². The molecule has 7 heteroatoms. The lowest BCUT2D eigenvalue weighted by atomic mass is 10.1. The lowest BCUT2D eigenvalue weighted by molar-refractivity contribution is 0.313. The number of rotatable bonds is 3. The van der Waals surface area contributed by atoms with E-state index in [2.05, 4.69) is 51.2 Å². The summed E-state index contributed by atoms with van der Waals surface area (Å²) in [6.45, 7) is 4.29. The van der Waals surface area contributed by atoms with Crippen molar-refractivity contribution in [2.24, 2.45) is 0 Å². The average Bonchev–Trinajstić information content (AvgIpc) is 3.20. The van der Waals surface area contributed by atoms with Crippen LogP contribution in [-0.2, 0) is 0 Å². The van der Waals surface area contributed by atoms with Crippen LogP contribution in [0.1, 0.15) is 0 Å². The molecule has 0 aliphatic carbocycles. The zero-order valence-corrected chi connectivity index (χ0v) is 17.0. The quantitative estimate of drug-likeness (QED) is 0.515. The summed E-state index contributed by atoms with van der Waals surface area (Å²) in [6.07, 6.45) is 3.62. The molecule has 0 amide bonds. The Morgan fingerprint density at radius 2 is 1.60 bits per heavy atom. The summed E-state index contributed by atoms with van der Waals surface area (Å²) < 4.78 is 1.70. The molecule has 1 aliphatic heterocycles. The monoisotopic (exact) mass is 399 g/mol. The first-order chi connectivity index (χ1) is 14.6. The van der Waals surface area contributed by atoms with Crippen molar-refractivity contribution >= 4 is 22.8 Å². The van der Waals surface area contributed by atoms with E-state index in [1.165, 1.54) is 5.69 Å². The SMILES string of the molecule is CN1CCN(c2ccc(-c3cnn4c(N)c(-c5cccc(N)c5)cnc34)cc2)CC1. The van der Waals surface area contributed by atoms with Crippen LogP contribution in [0.2, 0.25) is 0 Å². The fourth-order valence-corrected chi connectivity index (χ4v) is 4.00. The van der Waals surface area contributed by atoms with Crippen LogP contribution in [-0.4, -0.2) is 52.7 Å². The fourth-order valence-electron chi connectivity index (χ4n) is 4.00. The Balaban J connectivity index is 1.47. The standard InChI is InChI=1S/C23H25N7/c1-28-9-11-29(12-10-28)19-7-5-16(6-8-19)21-15-27-30-22(25)20(14-26-23(21)30)17-3-2-4-18(24)13-17/h2-8,13-15H,9-12,24-25H2,1H3. The molecular weight excluding hydrogens is 374 g/mol. The molecule has 0 saturated carbocycles. The number of nitrogens with zero attached hydrogens (tertiary/aromatic N) is 5. The highest BCUT2D eigenvalue weighted by Crippen LogP contribution is 2.31. The third-order valence-electron chi connectivity index (χ3n) is 5.81. The molecule has 0 radical (unpaired) electrons. The Bertz CT molecular complexity index is 1190. The molecule has 4 aromatic rings. The minimum Gasteiger partial charge on any atom is -0.399 e. The van der Waals surface area contributed by atoms with Crippen molar-refractivity contribution in [2.75, 3.05) is 49.6 Å². The van der Waals surface area contributed by atoms with Crippen molar-refractivity contribution in [3.63, 3.8) is 0 Å². The Morgan fingerprint density at radius 3 is 2.33 bits per heavy atom. The van der Waals surface area contributed by atoms with Gasteiger partial charge in [0, 0.05) is 54.9 Å². The zero-order valence-electron chi connectivity index (χ0n) is 17.0. The minimum absolute atomic E-state index is 0.547. The van der Waals surface area contributed by atoms with Gasteiger partial charge in [-0.15, -0.1) is 0 Å². The molecule has 4 N–H and O–H groups in total. The number of nitrogen functional groups attached to an aromatic ring is 2. The van der Waals surface area contributed by atoms with Crippen molar-refractivity contribution < 1.29 is 0 Å². The first kappa shape index (κ1) is 18.4. The highest BCUT2D eigenvalue weighted by molar-refractivity contribution is 5.83. The maximum atomic E-state index is 6.43. The third kappa shape index (κ3) is 3.23. The lowest BCUT2D eigenvalue weighted by Gasteiger charge is -2.34. The van der Waals surface area contributed by atoms with Gasteiger partial charge in [0.25, 0.3) is 0 Å². The van der Waals surface area contributed by atoms with Crippen LogP contribution in [0, 0.1) is 0 Å². The average molecular weight is 400 g/mol. The highest BCUT2D eigenvalue weighted by Gasteiger charge is 2.16. The number of hydrogen-bond acceptors (Lipinski definition) is 6. The predicted octanol–water partition coefficient (Wildman–Crippen LogP) is 2.98. The molecule has 7 nitrogen and oxygen atoms in total. The van der Waals surface area contributed by atoms with Gasteiger partial charge in [-0.1, -0.05) is 24.3 Å². The largest absolute Gasteiger partial charge is 0.399 e. The van der Waals surface area contributed by atoms with Crippen molar-refractivity contribution in [3.05, 3.63) is 60.9 Å². The molecule has 1 aliphatic rings. The summed E-state index contributed by atoms with van der Waals surface area (Å²) in [7, 11) is 2.17. The van der Waals surface area contributed by atoms with Crippen molar-refractivity contribution in [1.82, 2.24) is 19.5 Å². The Kier molecular flexibility index (Phi) is 4.52. The van der Waals surface area contributed by atoms with Gasteiger partial charge in [-0.3, -0.25) is 0 Å². The van der Waals surface area contributed by atoms with E-state index in [0.717, 1.165) is 54.1 Å². The second kappa shape index (κ2) is 7.35. The first-order valence-corrected chi connectivity index (χ1v) is 10.1. The van der Waals surface area contributed by atoms with Gasteiger partial charge in [-0.2, -0.15) is 9.61 Å². The predicted molar refractivity (Wildman–Crippen MR) is 122 cm³/mol. The van der Waals surface area contributed by atoms with Crippen LogP contribution >= 0.6 is 0 Å². The normalized spacial score (nSPS) is 15.0. The summed E-state index contributed by atoms with van der Waals surface area (Å²) in [4.78, 5) is 9.45. The summed E-state index contributed by atoms with van der Waals surface area (Å²) in [5.74, 6) is 0.547. The molecule has 2 aromatic heterocycles. The van der Waals surface area contributed by atoms with Gasteiger partial charge >= 0.3 is 0 Å². The van der Waals surface area contributed by atoms with Crippen molar-refractivity contribution in [2.45, 2.75) is 0 Å². The molecule has 5 rings (SSSR count). The van der Waals surface area contributed by atoms with Crippen molar-refractivity contribution in [3.8, 4) is 22.3 Å². The van der Waals surface area contributed by atoms with Crippen LogP contribution in [0.4, 0.5) is 17.2 Å². The molecule has 1 fully saturated rings. The van der Waals surface area contributed by atoms with Crippen molar-refractivity contribution in [1.29, 1.82) is 0 Å². The first-order valence-electron chi connectivity index (χ1n) is 10.1. The van der Waals surface area contributed by atoms with E-state index in [1.807, 2.05) is 30.5 Å². The van der Waals surface area contributed by atoms with Gasteiger partial charge in [0.05, 0.1) is 6.20 Å². The molecule has 0 atom stereocenters. The third-order valence-corrected chi connectivity index (χ3v) is 5.81. The fraction of sp³-hybridized carbons (Fsp3) is 0.217. The smallest absolute Gasteiger partial charge is 0.165 e. The number of nitrogens with two attached hydrogens (primary N) is 2. The zero-order chi connectivity index (χ0) is 20.7. The number of hydrogen-bond donors (Lipinski definition) is 2. The Labute approximate surface area is 175 Å². The van der Waals surface area contributed by atoms with E-state index in [-0.39, 0.29) is 0 Å². The summed E-state index contributed by atoms with van der Waals surface area (Å²) in [5, 5.41) is 4.51. The van der Waals surface area contributed by atoms with Gasteiger partial charge in [-0.05, 0) is 42.4 Å². The number of fused-ring (bicyclic) bond motifs is 1. The minimum atomic E-state index is 0.547. The number of benzene rings is 2. The Morgan fingerprint density at radius 1 is 0.833 bits per heavy atom. The maximum absolute atomic E-state index is 6.43. The van der Waals surface area contributed by atoms with Crippen LogP contribution < -0.4 is 16.4 Å². The van der Waals surface area contributed by atoms with Gasteiger partial charge in [0.15, 0.2) is 5.65 Å². The van der Waals surface area contributed by atoms with Crippen LogP contribution in [0.15, 0.2) is 60.9 Å². The number of aromatic nitrogens is 3. The van der Waals surface area contributed by atoms with E-state index in [0.29, 0.717) is 11.5 Å². The summed E-state index contributed by atoms with van der Waals surface area (Å²) in [6, 6.07) is 16.2. The van der Waals surface area contributed by atoms with E-state index < -0.39 is 0 Å².